The zero-order valence-corrected chi connectivity index (χ0v) is 8.36. The molecule has 0 aromatic carbocycles. The number of nitrogens with two attached hydrogens (primary N) is 1. The summed E-state index contributed by atoms with van der Waals surface area (Å²) in [7, 11) is 2.61. The Labute approximate surface area is 82.5 Å². The highest BCUT2D eigenvalue weighted by Crippen LogP contribution is 2.32. The standard InChI is InChI=1S/C9H15NO4/c1-13-8(11)6-3-5(10)4-7(6)9(12)14-2/h5-7H,3-4,10H2,1-2H3. The van der Waals surface area contributed by atoms with E-state index in [0.717, 1.165) is 0 Å². The van der Waals surface area contributed by atoms with E-state index in [2.05, 4.69) is 9.47 Å². The largest absolute Gasteiger partial charge is 0.469 e. The van der Waals surface area contributed by atoms with Gasteiger partial charge in [0.15, 0.2) is 0 Å². The van der Waals surface area contributed by atoms with Gasteiger partial charge in [0.1, 0.15) is 0 Å². The van der Waals surface area contributed by atoms with Gasteiger partial charge in [0.05, 0.1) is 26.1 Å². The SMILES string of the molecule is COC(=O)C1CC(N)CC1C(=O)OC. The van der Waals surface area contributed by atoms with Crippen LogP contribution in [0.25, 0.3) is 0 Å². The molecule has 0 aromatic rings. The second-order valence-corrected chi connectivity index (χ2v) is 3.49. The maximum absolute atomic E-state index is 11.3. The van der Waals surface area contributed by atoms with Gasteiger partial charge in [-0.05, 0) is 12.8 Å². The van der Waals surface area contributed by atoms with E-state index in [1.165, 1.54) is 14.2 Å². The molecule has 2 unspecified atom stereocenters. The molecule has 1 rings (SSSR count). The molecule has 2 atom stereocenters. The van der Waals surface area contributed by atoms with Gasteiger partial charge in [-0.2, -0.15) is 0 Å². The monoisotopic (exact) mass is 201 g/mol. The minimum atomic E-state index is -0.442. The van der Waals surface area contributed by atoms with Crippen LogP contribution in [0, 0.1) is 11.8 Å². The predicted octanol–water partition coefficient (Wildman–Crippen LogP) is -0.314. The Morgan fingerprint density at radius 1 is 1.07 bits per heavy atom. The Kier molecular flexibility index (Phi) is 3.46. The van der Waals surface area contributed by atoms with E-state index in [1.807, 2.05) is 0 Å². The zero-order valence-electron chi connectivity index (χ0n) is 8.36. The van der Waals surface area contributed by atoms with Crippen molar-refractivity contribution in [2.45, 2.75) is 18.9 Å². The first kappa shape index (κ1) is 11.0. The molecule has 14 heavy (non-hydrogen) atoms. The number of ether oxygens (including phenoxy) is 2. The van der Waals surface area contributed by atoms with Gasteiger partial charge < -0.3 is 15.2 Å². The number of rotatable bonds is 2. The molecule has 1 aliphatic carbocycles. The van der Waals surface area contributed by atoms with Crippen molar-refractivity contribution in [1.29, 1.82) is 0 Å². The normalized spacial score (nSPS) is 31.2. The molecular formula is C9H15NO4. The van der Waals surface area contributed by atoms with Crippen molar-refractivity contribution in [3.63, 3.8) is 0 Å². The fourth-order valence-corrected chi connectivity index (χ4v) is 1.90. The van der Waals surface area contributed by atoms with Crippen molar-refractivity contribution in [2.24, 2.45) is 17.6 Å². The van der Waals surface area contributed by atoms with Gasteiger partial charge in [0, 0.05) is 6.04 Å². The Balaban J connectivity index is 2.72. The highest BCUT2D eigenvalue weighted by Gasteiger charge is 2.42. The lowest BCUT2D eigenvalue weighted by Crippen LogP contribution is -2.27. The summed E-state index contributed by atoms with van der Waals surface area (Å²) in [5, 5.41) is 0. The molecule has 0 radical (unpaired) electrons. The molecule has 0 aliphatic heterocycles. The molecule has 5 nitrogen and oxygen atoms in total. The maximum Gasteiger partial charge on any atom is 0.309 e. The smallest absolute Gasteiger partial charge is 0.309 e. The molecule has 0 saturated heterocycles. The van der Waals surface area contributed by atoms with Gasteiger partial charge in [-0.25, -0.2) is 0 Å². The topological polar surface area (TPSA) is 78.6 Å². The molecule has 1 aliphatic rings. The van der Waals surface area contributed by atoms with Crippen molar-refractivity contribution in [3.8, 4) is 0 Å². The van der Waals surface area contributed by atoms with Gasteiger partial charge in [-0.1, -0.05) is 0 Å². The molecule has 1 saturated carbocycles. The molecule has 0 aromatic heterocycles. The Hall–Kier alpha value is -1.10. The Bertz CT molecular complexity index is 217. The van der Waals surface area contributed by atoms with E-state index < -0.39 is 11.8 Å². The lowest BCUT2D eigenvalue weighted by atomic mass is 9.96. The summed E-state index contributed by atoms with van der Waals surface area (Å²) in [5.41, 5.74) is 5.68. The molecular weight excluding hydrogens is 186 g/mol. The van der Waals surface area contributed by atoms with Crippen LogP contribution in [0.1, 0.15) is 12.8 Å². The van der Waals surface area contributed by atoms with Crippen LogP contribution in [-0.4, -0.2) is 32.2 Å². The molecule has 0 amide bonds. The highest BCUT2D eigenvalue weighted by molar-refractivity contribution is 5.82. The third-order valence-electron chi connectivity index (χ3n) is 2.61. The van der Waals surface area contributed by atoms with Crippen molar-refractivity contribution < 1.29 is 19.1 Å². The quantitative estimate of drug-likeness (QED) is 0.620. The van der Waals surface area contributed by atoms with E-state index in [9.17, 15) is 9.59 Å². The summed E-state index contributed by atoms with van der Waals surface area (Å²) in [6.07, 6.45) is 0.985. The number of methoxy groups -OCH3 is 2. The zero-order chi connectivity index (χ0) is 10.7. The Morgan fingerprint density at radius 3 is 1.71 bits per heavy atom. The molecule has 1 fully saturated rings. The number of esters is 2. The van der Waals surface area contributed by atoms with Crippen LogP contribution in [0.3, 0.4) is 0 Å². The lowest BCUT2D eigenvalue weighted by Gasteiger charge is -2.14. The summed E-state index contributed by atoms with van der Waals surface area (Å²) >= 11 is 0. The maximum atomic E-state index is 11.3. The third kappa shape index (κ3) is 2.04. The van der Waals surface area contributed by atoms with Crippen LogP contribution >= 0.6 is 0 Å². The molecule has 2 N–H and O–H groups in total. The first-order chi connectivity index (χ1) is 6.60. The van der Waals surface area contributed by atoms with Crippen molar-refractivity contribution in [2.75, 3.05) is 14.2 Å². The van der Waals surface area contributed by atoms with Crippen LogP contribution in [0.5, 0.6) is 0 Å². The lowest BCUT2D eigenvalue weighted by molar-refractivity contribution is -0.156. The predicted molar refractivity (Wildman–Crippen MR) is 48.2 cm³/mol. The summed E-state index contributed by atoms with van der Waals surface area (Å²) < 4.78 is 9.21. The molecule has 0 heterocycles. The average molecular weight is 201 g/mol. The van der Waals surface area contributed by atoms with Gasteiger partial charge in [0.25, 0.3) is 0 Å². The summed E-state index contributed by atoms with van der Waals surface area (Å²) in [5.74, 6) is -1.65. The minimum Gasteiger partial charge on any atom is -0.469 e. The van der Waals surface area contributed by atoms with E-state index in [-0.39, 0.29) is 18.0 Å². The first-order valence-corrected chi connectivity index (χ1v) is 4.51. The summed E-state index contributed by atoms with van der Waals surface area (Å²) in [6, 6.07) is -0.122. The van der Waals surface area contributed by atoms with Gasteiger partial charge >= 0.3 is 11.9 Å². The summed E-state index contributed by atoms with van der Waals surface area (Å²) in [6.45, 7) is 0. The van der Waals surface area contributed by atoms with Crippen LogP contribution < -0.4 is 5.73 Å². The minimum absolute atomic E-state index is 0.122. The number of hydrogen-bond donors (Lipinski definition) is 1. The van der Waals surface area contributed by atoms with Crippen LogP contribution in [0.4, 0.5) is 0 Å². The molecule has 0 bridgehead atoms. The van der Waals surface area contributed by atoms with Crippen molar-refractivity contribution >= 4 is 11.9 Å². The molecule has 80 valence electrons. The van der Waals surface area contributed by atoms with Gasteiger partial charge in [-0.3, -0.25) is 9.59 Å². The van der Waals surface area contributed by atoms with Crippen LogP contribution in [0.2, 0.25) is 0 Å². The fourth-order valence-electron chi connectivity index (χ4n) is 1.90. The van der Waals surface area contributed by atoms with Crippen molar-refractivity contribution in [3.05, 3.63) is 0 Å². The number of carbonyl (C=O) groups excluding carboxylic acids is 2. The van der Waals surface area contributed by atoms with Crippen molar-refractivity contribution in [1.82, 2.24) is 0 Å². The highest BCUT2D eigenvalue weighted by atomic mass is 16.5. The number of carbonyl (C=O) groups is 2. The number of hydrogen-bond acceptors (Lipinski definition) is 5. The fraction of sp³-hybridized carbons (Fsp3) is 0.778. The van der Waals surface area contributed by atoms with Gasteiger partial charge in [-0.15, -0.1) is 0 Å². The summed E-state index contributed by atoms with van der Waals surface area (Å²) in [4.78, 5) is 22.6. The average Bonchev–Trinajstić information content (AvgIpc) is 2.58. The van der Waals surface area contributed by atoms with Crippen LogP contribution in [0.15, 0.2) is 0 Å². The van der Waals surface area contributed by atoms with Gasteiger partial charge in [0.2, 0.25) is 0 Å². The third-order valence-corrected chi connectivity index (χ3v) is 2.61. The molecule has 0 spiro atoms. The van der Waals surface area contributed by atoms with E-state index in [0.29, 0.717) is 12.8 Å². The second-order valence-electron chi connectivity index (χ2n) is 3.49. The second kappa shape index (κ2) is 4.41. The molecule has 5 heteroatoms. The van der Waals surface area contributed by atoms with E-state index in [4.69, 9.17) is 5.73 Å². The Morgan fingerprint density at radius 2 is 1.43 bits per heavy atom. The van der Waals surface area contributed by atoms with Crippen LogP contribution in [-0.2, 0) is 19.1 Å². The van der Waals surface area contributed by atoms with E-state index in [1.54, 1.807) is 0 Å². The first-order valence-electron chi connectivity index (χ1n) is 4.51. The van der Waals surface area contributed by atoms with E-state index >= 15 is 0 Å².